The smallest absolute Gasteiger partial charge is 0.00103 e. The van der Waals surface area contributed by atoms with Gasteiger partial charge in [-0.15, -0.1) is 0 Å². The van der Waals surface area contributed by atoms with Crippen LogP contribution in [0.3, 0.4) is 0 Å². The predicted molar refractivity (Wildman–Crippen MR) is 47.2 cm³/mol. The van der Waals surface area contributed by atoms with Crippen LogP contribution >= 0.6 is 0 Å². The lowest BCUT2D eigenvalue weighted by atomic mass is 10.3. The maximum absolute atomic E-state index is 3.37. The Morgan fingerprint density at radius 1 is 1.40 bits per heavy atom. The molecule has 0 rings (SSSR count). The third-order valence-electron chi connectivity index (χ3n) is 1.34. The molecule has 0 aliphatic carbocycles. The van der Waals surface area contributed by atoms with Gasteiger partial charge in [-0.3, -0.25) is 0 Å². The third kappa shape index (κ3) is 7.70. The molecular weight excluding hydrogens is 122 g/mol. The first-order valence-corrected chi connectivity index (χ1v) is 4.12. The maximum Gasteiger partial charge on any atom is 0.00103 e. The number of rotatable bonds is 5. The quantitative estimate of drug-likeness (QED) is 0.458. The van der Waals surface area contributed by atoms with Gasteiger partial charge in [0.15, 0.2) is 0 Å². The van der Waals surface area contributed by atoms with Gasteiger partial charge in [0.25, 0.3) is 0 Å². The molecule has 0 saturated heterocycles. The first-order valence-electron chi connectivity index (χ1n) is 4.12. The summed E-state index contributed by atoms with van der Waals surface area (Å²) >= 11 is 0. The minimum Gasteiger partial charge on any atom is -0.315 e. The molecule has 0 aromatic rings. The van der Waals surface area contributed by atoms with E-state index in [2.05, 4.69) is 38.2 Å². The highest BCUT2D eigenvalue weighted by Crippen LogP contribution is 1.89. The molecule has 0 bridgehead atoms. The average Bonchev–Trinajstić information content (AvgIpc) is 1.87. The number of nitrogens with one attached hydrogen (secondary N) is 1. The van der Waals surface area contributed by atoms with Crippen molar-refractivity contribution >= 4 is 0 Å². The standard InChI is InChI=1S/C9H19N/c1-4-5-6-7-8-10-9(2)3/h4-5,9-10H,6-8H2,1-3H3/b5-4-. The zero-order valence-corrected chi connectivity index (χ0v) is 7.35. The van der Waals surface area contributed by atoms with Crippen molar-refractivity contribution in [2.24, 2.45) is 0 Å². The second-order valence-corrected chi connectivity index (χ2v) is 2.82. The Bertz CT molecular complexity index is 84.7. The van der Waals surface area contributed by atoms with Crippen LogP contribution in [0.5, 0.6) is 0 Å². The Kier molecular flexibility index (Phi) is 6.61. The number of allylic oxidation sites excluding steroid dienone is 2. The first-order chi connectivity index (χ1) is 4.77. The van der Waals surface area contributed by atoms with Crippen LogP contribution in [0, 0.1) is 0 Å². The van der Waals surface area contributed by atoms with Gasteiger partial charge in [0, 0.05) is 6.04 Å². The van der Waals surface area contributed by atoms with Gasteiger partial charge in [-0.25, -0.2) is 0 Å². The summed E-state index contributed by atoms with van der Waals surface area (Å²) in [6.45, 7) is 7.56. The van der Waals surface area contributed by atoms with Crippen LogP contribution in [0.25, 0.3) is 0 Å². The summed E-state index contributed by atoms with van der Waals surface area (Å²) in [5.41, 5.74) is 0. The lowest BCUT2D eigenvalue weighted by molar-refractivity contribution is 0.573. The maximum atomic E-state index is 3.37. The van der Waals surface area contributed by atoms with E-state index in [-0.39, 0.29) is 0 Å². The molecule has 0 aromatic heterocycles. The van der Waals surface area contributed by atoms with Crippen LogP contribution in [0.4, 0.5) is 0 Å². The fraction of sp³-hybridized carbons (Fsp3) is 0.778. The minimum atomic E-state index is 0.630. The lowest BCUT2D eigenvalue weighted by Gasteiger charge is -2.05. The van der Waals surface area contributed by atoms with Crippen molar-refractivity contribution in [2.75, 3.05) is 6.54 Å². The minimum absolute atomic E-state index is 0.630. The van der Waals surface area contributed by atoms with E-state index in [1.807, 2.05) is 0 Å². The molecule has 0 aromatic carbocycles. The highest BCUT2D eigenvalue weighted by molar-refractivity contribution is 4.76. The molecule has 1 nitrogen and oxygen atoms in total. The summed E-state index contributed by atoms with van der Waals surface area (Å²) in [7, 11) is 0. The SMILES string of the molecule is C/C=C\CCCNC(C)C. The van der Waals surface area contributed by atoms with Crippen LogP contribution in [0.15, 0.2) is 12.2 Å². The summed E-state index contributed by atoms with van der Waals surface area (Å²) in [6.07, 6.45) is 6.77. The van der Waals surface area contributed by atoms with Crippen LogP contribution in [-0.2, 0) is 0 Å². The topological polar surface area (TPSA) is 12.0 Å². The molecule has 0 aliphatic heterocycles. The summed E-state index contributed by atoms with van der Waals surface area (Å²) in [4.78, 5) is 0. The van der Waals surface area contributed by atoms with Crippen molar-refractivity contribution in [3.05, 3.63) is 12.2 Å². The van der Waals surface area contributed by atoms with Gasteiger partial charge in [0.05, 0.1) is 0 Å². The fourth-order valence-corrected chi connectivity index (χ4v) is 0.777. The van der Waals surface area contributed by atoms with Gasteiger partial charge >= 0.3 is 0 Å². The lowest BCUT2D eigenvalue weighted by Crippen LogP contribution is -2.23. The van der Waals surface area contributed by atoms with Crippen molar-refractivity contribution < 1.29 is 0 Å². The third-order valence-corrected chi connectivity index (χ3v) is 1.34. The highest BCUT2D eigenvalue weighted by atomic mass is 14.9. The summed E-state index contributed by atoms with van der Waals surface area (Å²) < 4.78 is 0. The summed E-state index contributed by atoms with van der Waals surface area (Å²) in [5, 5.41) is 3.37. The monoisotopic (exact) mass is 141 g/mol. The van der Waals surface area contributed by atoms with E-state index in [0.717, 1.165) is 6.54 Å². The van der Waals surface area contributed by atoms with E-state index >= 15 is 0 Å². The second kappa shape index (κ2) is 6.81. The van der Waals surface area contributed by atoms with Crippen molar-refractivity contribution in [2.45, 2.75) is 39.7 Å². The van der Waals surface area contributed by atoms with Gasteiger partial charge < -0.3 is 5.32 Å². The Labute approximate surface area is 64.5 Å². The Morgan fingerprint density at radius 3 is 2.60 bits per heavy atom. The van der Waals surface area contributed by atoms with Crippen molar-refractivity contribution in [3.63, 3.8) is 0 Å². The molecule has 0 aliphatic rings. The van der Waals surface area contributed by atoms with E-state index in [1.165, 1.54) is 12.8 Å². The van der Waals surface area contributed by atoms with E-state index in [4.69, 9.17) is 0 Å². The molecule has 60 valence electrons. The van der Waals surface area contributed by atoms with Gasteiger partial charge in [-0.1, -0.05) is 26.0 Å². The van der Waals surface area contributed by atoms with Gasteiger partial charge in [-0.2, -0.15) is 0 Å². The molecular formula is C9H19N. The second-order valence-electron chi connectivity index (χ2n) is 2.82. The van der Waals surface area contributed by atoms with E-state index < -0.39 is 0 Å². The van der Waals surface area contributed by atoms with Crippen molar-refractivity contribution in [1.82, 2.24) is 5.32 Å². The zero-order valence-electron chi connectivity index (χ0n) is 7.35. The molecule has 0 radical (unpaired) electrons. The highest BCUT2D eigenvalue weighted by Gasteiger charge is 1.88. The van der Waals surface area contributed by atoms with Crippen LogP contribution in [-0.4, -0.2) is 12.6 Å². The Balaban J connectivity index is 2.91. The molecule has 0 spiro atoms. The number of unbranched alkanes of at least 4 members (excludes halogenated alkanes) is 1. The van der Waals surface area contributed by atoms with E-state index in [0.29, 0.717) is 6.04 Å². The van der Waals surface area contributed by atoms with Crippen LogP contribution in [0.2, 0.25) is 0 Å². The Morgan fingerprint density at radius 2 is 2.10 bits per heavy atom. The van der Waals surface area contributed by atoms with Crippen LogP contribution < -0.4 is 5.32 Å². The number of hydrogen-bond acceptors (Lipinski definition) is 1. The fourth-order valence-electron chi connectivity index (χ4n) is 0.777. The molecule has 0 amide bonds. The van der Waals surface area contributed by atoms with E-state index in [1.54, 1.807) is 0 Å². The number of hydrogen-bond donors (Lipinski definition) is 1. The molecule has 0 atom stereocenters. The molecule has 1 heteroatoms. The van der Waals surface area contributed by atoms with Gasteiger partial charge in [0.1, 0.15) is 0 Å². The largest absolute Gasteiger partial charge is 0.315 e. The van der Waals surface area contributed by atoms with Crippen molar-refractivity contribution in [3.8, 4) is 0 Å². The van der Waals surface area contributed by atoms with Gasteiger partial charge in [0.2, 0.25) is 0 Å². The first kappa shape index (κ1) is 9.70. The zero-order chi connectivity index (χ0) is 7.82. The van der Waals surface area contributed by atoms with Crippen LogP contribution in [0.1, 0.15) is 33.6 Å². The summed E-state index contributed by atoms with van der Waals surface area (Å²) in [6, 6.07) is 0.630. The Hall–Kier alpha value is -0.300. The molecule has 0 heterocycles. The van der Waals surface area contributed by atoms with Crippen molar-refractivity contribution in [1.29, 1.82) is 0 Å². The molecule has 10 heavy (non-hydrogen) atoms. The average molecular weight is 141 g/mol. The normalized spacial score (nSPS) is 11.6. The molecule has 0 fully saturated rings. The van der Waals surface area contributed by atoms with Gasteiger partial charge in [-0.05, 0) is 26.3 Å². The predicted octanol–water partition coefficient (Wildman–Crippen LogP) is 2.34. The molecule has 0 unspecified atom stereocenters. The molecule has 1 N–H and O–H groups in total. The molecule has 0 saturated carbocycles. The van der Waals surface area contributed by atoms with E-state index in [9.17, 15) is 0 Å². The summed E-state index contributed by atoms with van der Waals surface area (Å²) in [5.74, 6) is 0.